The maximum absolute atomic E-state index is 12.5. The van der Waals surface area contributed by atoms with Crippen molar-refractivity contribution in [2.24, 2.45) is 11.3 Å². The lowest BCUT2D eigenvalue weighted by atomic mass is 10.1. The Balaban J connectivity index is 1.49. The first kappa shape index (κ1) is 13.5. The van der Waals surface area contributed by atoms with E-state index in [1.54, 1.807) is 11.3 Å². The summed E-state index contributed by atoms with van der Waals surface area (Å²) in [4.78, 5) is 18.8. The van der Waals surface area contributed by atoms with Crippen LogP contribution in [0.4, 0.5) is 0 Å². The molecule has 4 rings (SSSR count). The number of carbonyl (C=O) groups is 1. The van der Waals surface area contributed by atoms with E-state index >= 15 is 0 Å². The Morgan fingerprint density at radius 3 is 2.95 bits per heavy atom. The van der Waals surface area contributed by atoms with E-state index in [-0.39, 0.29) is 11.3 Å². The topological polar surface area (TPSA) is 33.2 Å². The molecule has 2 aromatic rings. The fourth-order valence-electron chi connectivity index (χ4n) is 3.20. The number of carbonyl (C=O) groups excluding carboxylic acids is 1. The third-order valence-corrected chi connectivity index (χ3v) is 5.29. The van der Waals surface area contributed by atoms with Gasteiger partial charge in [0.2, 0.25) is 0 Å². The summed E-state index contributed by atoms with van der Waals surface area (Å²) in [6.07, 6.45) is 1.11. The second kappa shape index (κ2) is 4.96. The Labute approximate surface area is 134 Å². The Morgan fingerprint density at radius 1 is 1.41 bits per heavy atom. The summed E-state index contributed by atoms with van der Waals surface area (Å²) in [6, 6.07) is 9.50. The SMILES string of the molecule is Cc1nc(C#C[C@]23CC2CN(C(=O)c2ccccc2)C3)cs1. The molecule has 1 aromatic heterocycles. The van der Waals surface area contributed by atoms with Crippen LogP contribution in [-0.2, 0) is 0 Å². The highest BCUT2D eigenvalue weighted by Crippen LogP contribution is 2.57. The van der Waals surface area contributed by atoms with Gasteiger partial charge in [0.05, 0.1) is 10.4 Å². The van der Waals surface area contributed by atoms with E-state index in [0.29, 0.717) is 5.92 Å². The second-order valence-electron chi connectivity index (χ2n) is 6.11. The van der Waals surface area contributed by atoms with Gasteiger partial charge in [-0.2, -0.15) is 0 Å². The van der Waals surface area contributed by atoms with Crippen molar-refractivity contribution in [1.29, 1.82) is 0 Å². The first-order valence-corrected chi connectivity index (χ1v) is 8.34. The van der Waals surface area contributed by atoms with Crippen molar-refractivity contribution in [3.05, 3.63) is 52.0 Å². The smallest absolute Gasteiger partial charge is 0.253 e. The van der Waals surface area contributed by atoms with Crippen molar-refractivity contribution in [2.75, 3.05) is 13.1 Å². The van der Waals surface area contributed by atoms with Gasteiger partial charge in [-0.15, -0.1) is 11.3 Å². The van der Waals surface area contributed by atoms with Crippen molar-refractivity contribution in [1.82, 2.24) is 9.88 Å². The van der Waals surface area contributed by atoms with Crippen LogP contribution in [0.3, 0.4) is 0 Å². The summed E-state index contributed by atoms with van der Waals surface area (Å²) in [7, 11) is 0. The van der Waals surface area contributed by atoms with Crippen LogP contribution in [0.2, 0.25) is 0 Å². The Morgan fingerprint density at radius 2 is 2.23 bits per heavy atom. The van der Waals surface area contributed by atoms with Crippen LogP contribution in [0.1, 0.15) is 27.5 Å². The number of thiazole rings is 1. The highest BCUT2D eigenvalue weighted by atomic mass is 32.1. The lowest BCUT2D eigenvalue weighted by Gasteiger charge is -2.19. The number of aromatic nitrogens is 1. The largest absolute Gasteiger partial charge is 0.337 e. The van der Waals surface area contributed by atoms with Crippen LogP contribution in [0.5, 0.6) is 0 Å². The number of rotatable bonds is 1. The van der Waals surface area contributed by atoms with Gasteiger partial charge in [0.15, 0.2) is 0 Å². The molecule has 0 N–H and O–H groups in total. The number of fused-ring (bicyclic) bond motifs is 1. The molecule has 2 aliphatic rings. The van der Waals surface area contributed by atoms with Crippen LogP contribution in [0.25, 0.3) is 0 Å². The lowest BCUT2D eigenvalue weighted by molar-refractivity contribution is 0.0770. The molecule has 1 aliphatic heterocycles. The number of amides is 1. The monoisotopic (exact) mass is 308 g/mol. The van der Waals surface area contributed by atoms with Crippen LogP contribution in [0.15, 0.2) is 35.7 Å². The Bertz CT molecular complexity index is 786. The van der Waals surface area contributed by atoms with Crippen LogP contribution < -0.4 is 0 Å². The number of aryl methyl sites for hydroxylation is 1. The second-order valence-corrected chi connectivity index (χ2v) is 7.17. The molecule has 110 valence electrons. The fraction of sp³-hybridized carbons (Fsp3) is 0.333. The van der Waals surface area contributed by atoms with Gasteiger partial charge in [-0.1, -0.05) is 24.1 Å². The lowest BCUT2D eigenvalue weighted by Crippen LogP contribution is -2.31. The zero-order valence-corrected chi connectivity index (χ0v) is 13.2. The van der Waals surface area contributed by atoms with E-state index in [2.05, 4.69) is 16.8 Å². The van der Waals surface area contributed by atoms with E-state index < -0.39 is 0 Å². The fourth-order valence-corrected chi connectivity index (χ4v) is 3.75. The molecule has 22 heavy (non-hydrogen) atoms. The zero-order valence-electron chi connectivity index (χ0n) is 12.4. The molecule has 1 saturated carbocycles. The molecule has 1 aliphatic carbocycles. The molecule has 1 aromatic carbocycles. The van der Waals surface area contributed by atoms with Crippen molar-refractivity contribution in [2.45, 2.75) is 13.3 Å². The van der Waals surface area contributed by atoms with Gasteiger partial charge in [0.25, 0.3) is 5.91 Å². The van der Waals surface area contributed by atoms with E-state index in [4.69, 9.17) is 0 Å². The number of hydrogen-bond donors (Lipinski definition) is 0. The molecular weight excluding hydrogens is 292 g/mol. The summed E-state index contributed by atoms with van der Waals surface area (Å²) < 4.78 is 0. The third-order valence-electron chi connectivity index (χ3n) is 4.51. The minimum absolute atomic E-state index is 0.0158. The first-order chi connectivity index (χ1) is 10.7. The maximum atomic E-state index is 12.5. The molecule has 1 amide bonds. The molecule has 2 atom stereocenters. The highest BCUT2D eigenvalue weighted by Gasteiger charge is 2.60. The van der Waals surface area contributed by atoms with Gasteiger partial charge < -0.3 is 4.90 Å². The minimum atomic E-state index is 0.0158. The average Bonchev–Trinajstić information content (AvgIpc) is 2.88. The summed E-state index contributed by atoms with van der Waals surface area (Å²) in [5, 5.41) is 3.04. The first-order valence-electron chi connectivity index (χ1n) is 7.46. The number of nitrogens with zero attached hydrogens (tertiary/aromatic N) is 2. The van der Waals surface area contributed by atoms with E-state index in [1.165, 1.54) is 0 Å². The van der Waals surface area contributed by atoms with Crippen LogP contribution in [-0.4, -0.2) is 28.9 Å². The van der Waals surface area contributed by atoms with Crippen molar-refractivity contribution in [3.8, 4) is 11.8 Å². The summed E-state index contributed by atoms with van der Waals surface area (Å²) in [6.45, 7) is 3.57. The van der Waals surface area contributed by atoms with Gasteiger partial charge in [-0.05, 0) is 37.3 Å². The highest BCUT2D eigenvalue weighted by molar-refractivity contribution is 7.09. The molecular formula is C18H16N2OS. The maximum Gasteiger partial charge on any atom is 0.253 e. The zero-order chi connectivity index (χ0) is 15.2. The number of piperidine rings is 1. The van der Waals surface area contributed by atoms with Gasteiger partial charge in [-0.25, -0.2) is 4.98 Å². The number of likely N-dealkylation sites (tertiary alicyclic amines) is 1. The predicted octanol–water partition coefficient (Wildman–Crippen LogP) is 2.97. The molecule has 0 spiro atoms. The molecule has 0 radical (unpaired) electrons. The number of hydrogen-bond acceptors (Lipinski definition) is 3. The Hall–Kier alpha value is -2.12. The van der Waals surface area contributed by atoms with Crippen molar-refractivity contribution in [3.63, 3.8) is 0 Å². The summed E-state index contributed by atoms with van der Waals surface area (Å²) in [5.41, 5.74) is 1.64. The molecule has 4 heteroatoms. The quantitative estimate of drug-likeness (QED) is 0.759. The summed E-state index contributed by atoms with van der Waals surface area (Å²) in [5.74, 6) is 7.26. The average molecular weight is 308 g/mol. The van der Waals surface area contributed by atoms with Crippen LogP contribution in [0, 0.1) is 30.1 Å². The minimum Gasteiger partial charge on any atom is -0.337 e. The standard InChI is InChI=1S/C18H16N2OS/c1-13-19-16(11-22-13)7-8-18-9-15(18)10-20(12-18)17(21)14-5-3-2-4-6-14/h2-6,11,15H,9-10,12H2,1H3/t15?,18-/m1/s1. The summed E-state index contributed by atoms with van der Waals surface area (Å²) >= 11 is 1.62. The molecule has 2 heterocycles. The van der Waals surface area contributed by atoms with E-state index in [1.807, 2.05) is 47.5 Å². The van der Waals surface area contributed by atoms with Crippen molar-refractivity contribution < 1.29 is 4.79 Å². The third kappa shape index (κ3) is 2.32. The molecule has 1 saturated heterocycles. The molecule has 1 unspecified atom stereocenters. The van der Waals surface area contributed by atoms with Gasteiger partial charge in [0, 0.05) is 24.0 Å². The van der Waals surface area contributed by atoms with E-state index in [9.17, 15) is 4.79 Å². The van der Waals surface area contributed by atoms with Gasteiger partial charge in [-0.3, -0.25) is 4.79 Å². The van der Waals surface area contributed by atoms with Gasteiger partial charge >= 0.3 is 0 Å². The molecule has 0 bridgehead atoms. The Kier molecular flexibility index (Phi) is 3.05. The molecule has 2 fully saturated rings. The normalized spacial score (nSPS) is 25.3. The van der Waals surface area contributed by atoms with Crippen molar-refractivity contribution >= 4 is 17.2 Å². The van der Waals surface area contributed by atoms with Crippen LogP contribution >= 0.6 is 11.3 Å². The van der Waals surface area contributed by atoms with E-state index in [0.717, 1.165) is 35.8 Å². The predicted molar refractivity (Wildman–Crippen MR) is 86.6 cm³/mol. The molecule has 3 nitrogen and oxygen atoms in total. The number of benzene rings is 1. The van der Waals surface area contributed by atoms with Gasteiger partial charge in [0.1, 0.15) is 5.69 Å².